The van der Waals surface area contributed by atoms with Crippen molar-refractivity contribution >= 4 is 0 Å². The molecule has 0 heterocycles. The Morgan fingerprint density at radius 1 is 1.00 bits per heavy atom. The van der Waals surface area contributed by atoms with Crippen molar-refractivity contribution in [1.82, 2.24) is 5.32 Å². The van der Waals surface area contributed by atoms with Crippen LogP contribution in [0.4, 0.5) is 0 Å². The van der Waals surface area contributed by atoms with Gasteiger partial charge in [0.15, 0.2) is 0 Å². The summed E-state index contributed by atoms with van der Waals surface area (Å²) in [6.45, 7) is 2.38. The minimum absolute atomic E-state index is 0.702. The van der Waals surface area contributed by atoms with Crippen molar-refractivity contribution in [2.24, 2.45) is 5.92 Å². The summed E-state index contributed by atoms with van der Waals surface area (Å²) in [5, 5.41) is 3.86. The summed E-state index contributed by atoms with van der Waals surface area (Å²) in [6.07, 6.45) is 6.65. The fourth-order valence-electron chi connectivity index (χ4n) is 3.37. The number of rotatable bonds is 2. The van der Waals surface area contributed by atoms with Crippen LogP contribution in [0, 0.1) is 5.92 Å². The first-order valence-electron chi connectivity index (χ1n) is 6.64. The predicted octanol–water partition coefficient (Wildman–Crippen LogP) is 2.93. The maximum absolute atomic E-state index is 3.86. The molecule has 2 aliphatic carbocycles. The SMILES string of the molecule is CC1CCC(NC2Cc3ccccc3C2)C1. The van der Waals surface area contributed by atoms with Crippen LogP contribution in [0.3, 0.4) is 0 Å². The van der Waals surface area contributed by atoms with Crippen LogP contribution in [0.2, 0.25) is 0 Å². The van der Waals surface area contributed by atoms with E-state index in [4.69, 9.17) is 0 Å². The molecule has 0 saturated heterocycles. The maximum Gasteiger partial charge on any atom is 0.0151 e. The number of benzene rings is 1. The lowest BCUT2D eigenvalue weighted by atomic mass is 10.1. The summed E-state index contributed by atoms with van der Waals surface area (Å²) in [7, 11) is 0. The first-order valence-corrected chi connectivity index (χ1v) is 6.64. The van der Waals surface area contributed by atoms with Crippen molar-refractivity contribution in [2.75, 3.05) is 0 Å². The molecule has 2 atom stereocenters. The lowest BCUT2D eigenvalue weighted by Crippen LogP contribution is -2.37. The van der Waals surface area contributed by atoms with Crippen LogP contribution in [0.15, 0.2) is 24.3 Å². The van der Waals surface area contributed by atoms with E-state index in [0.717, 1.165) is 12.0 Å². The molecule has 1 aromatic rings. The zero-order valence-corrected chi connectivity index (χ0v) is 10.1. The van der Waals surface area contributed by atoms with Gasteiger partial charge in [-0.05, 0) is 49.1 Å². The van der Waals surface area contributed by atoms with Crippen molar-refractivity contribution in [1.29, 1.82) is 0 Å². The van der Waals surface area contributed by atoms with Crippen LogP contribution in [-0.2, 0) is 12.8 Å². The Morgan fingerprint density at radius 2 is 1.69 bits per heavy atom. The molecule has 1 saturated carbocycles. The molecule has 1 N–H and O–H groups in total. The van der Waals surface area contributed by atoms with Crippen LogP contribution >= 0.6 is 0 Å². The molecule has 2 unspecified atom stereocenters. The molecular formula is C15H21N. The van der Waals surface area contributed by atoms with E-state index >= 15 is 0 Å². The molecule has 1 heteroatoms. The summed E-state index contributed by atoms with van der Waals surface area (Å²) in [5.41, 5.74) is 3.12. The molecule has 3 rings (SSSR count). The van der Waals surface area contributed by atoms with Crippen molar-refractivity contribution in [2.45, 2.75) is 51.1 Å². The van der Waals surface area contributed by atoms with Gasteiger partial charge in [0, 0.05) is 12.1 Å². The standard InChI is InChI=1S/C15H21N/c1-11-6-7-14(8-11)16-15-9-12-4-2-3-5-13(12)10-15/h2-5,11,14-16H,6-10H2,1H3. The highest BCUT2D eigenvalue weighted by molar-refractivity contribution is 5.33. The third-order valence-electron chi connectivity index (χ3n) is 4.22. The van der Waals surface area contributed by atoms with Crippen molar-refractivity contribution in [3.8, 4) is 0 Å². The Morgan fingerprint density at radius 3 is 2.25 bits per heavy atom. The number of nitrogens with one attached hydrogen (secondary N) is 1. The van der Waals surface area contributed by atoms with E-state index in [1.807, 2.05) is 0 Å². The van der Waals surface area contributed by atoms with Gasteiger partial charge in [0.2, 0.25) is 0 Å². The second kappa shape index (κ2) is 4.21. The molecule has 1 aromatic carbocycles. The summed E-state index contributed by atoms with van der Waals surface area (Å²) < 4.78 is 0. The van der Waals surface area contributed by atoms with E-state index in [1.54, 1.807) is 11.1 Å². The zero-order chi connectivity index (χ0) is 11.0. The normalized spacial score (nSPS) is 29.6. The lowest BCUT2D eigenvalue weighted by molar-refractivity contribution is 0.430. The van der Waals surface area contributed by atoms with Gasteiger partial charge < -0.3 is 5.32 Å². The van der Waals surface area contributed by atoms with Gasteiger partial charge in [-0.2, -0.15) is 0 Å². The van der Waals surface area contributed by atoms with E-state index < -0.39 is 0 Å². The molecule has 0 bridgehead atoms. The van der Waals surface area contributed by atoms with Gasteiger partial charge >= 0.3 is 0 Å². The molecule has 0 amide bonds. The summed E-state index contributed by atoms with van der Waals surface area (Å²) in [6, 6.07) is 10.4. The maximum atomic E-state index is 3.86. The number of hydrogen-bond acceptors (Lipinski definition) is 1. The summed E-state index contributed by atoms with van der Waals surface area (Å²) >= 11 is 0. The van der Waals surface area contributed by atoms with Crippen molar-refractivity contribution in [3.05, 3.63) is 35.4 Å². The largest absolute Gasteiger partial charge is 0.311 e. The molecule has 2 aliphatic rings. The van der Waals surface area contributed by atoms with Crippen LogP contribution in [0.1, 0.15) is 37.3 Å². The fourth-order valence-corrected chi connectivity index (χ4v) is 3.37. The summed E-state index contributed by atoms with van der Waals surface area (Å²) in [4.78, 5) is 0. The minimum Gasteiger partial charge on any atom is -0.311 e. The molecule has 0 spiro atoms. The fraction of sp³-hybridized carbons (Fsp3) is 0.600. The monoisotopic (exact) mass is 215 g/mol. The molecule has 16 heavy (non-hydrogen) atoms. The average Bonchev–Trinajstić information content (AvgIpc) is 2.84. The second-order valence-corrected chi connectivity index (χ2v) is 5.66. The highest BCUT2D eigenvalue weighted by atomic mass is 15.0. The van der Waals surface area contributed by atoms with Gasteiger partial charge in [-0.15, -0.1) is 0 Å². The Hall–Kier alpha value is -0.820. The van der Waals surface area contributed by atoms with Crippen LogP contribution < -0.4 is 5.32 Å². The van der Waals surface area contributed by atoms with Crippen LogP contribution in [0.5, 0.6) is 0 Å². The Labute approximate surface area is 98.3 Å². The molecule has 86 valence electrons. The van der Waals surface area contributed by atoms with Crippen LogP contribution in [0.25, 0.3) is 0 Å². The topological polar surface area (TPSA) is 12.0 Å². The van der Waals surface area contributed by atoms with Crippen molar-refractivity contribution in [3.63, 3.8) is 0 Å². The van der Waals surface area contributed by atoms with Gasteiger partial charge in [0.1, 0.15) is 0 Å². The van der Waals surface area contributed by atoms with E-state index in [1.165, 1.54) is 32.1 Å². The molecular weight excluding hydrogens is 194 g/mol. The third kappa shape index (κ3) is 2.01. The van der Waals surface area contributed by atoms with E-state index in [0.29, 0.717) is 6.04 Å². The predicted molar refractivity (Wildman–Crippen MR) is 67.6 cm³/mol. The Bertz CT molecular complexity index is 346. The van der Waals surface area contributed by atoms with E-state index in [2.05, 4.69) is 36.5 Å². The molecule has 0 aromatic heterocycles. The Balaban J connectivity index is 1.60. The Kier molecular flexibility index (Phi) is 2.72. The highest BCUT2D eigenvalue weighted by Crippen LogP contribution is 2.27. The first-order chi connectivity index (χ1) is 7.81. The van der Waals surface area contributed by atoms with Crippen molar-refractivity contribution < 1.29 is 0 Å². The van der Waals surface area contributed by atoms with Gasteiger partial charge in [-0.3, -0.25) is 0 Å². The minimum atomic E-state index is 0.702. The third-order valence-corrected chi connectivity index (χ3v) is 4.22. The second-order valence-electron chi connectivity index (χ2n) is 5.66. The molecule has 1 nitrogen and oxygen atoms in total. The molecule has 0 radical (unpaired) electrons. The summed E-state index contributed by atoms with van der Waals surface area (Å²) in [5.74, 6) is 0.932. The zero-order valence-electron chi connectivity index (χ0n) is 10.1. The van der Waals surface area contributed by atoms with E-state index in [9.17, 15) is 0 Å². The van der Waals surface area contributed by atoms with E-state index in [-0.39, 0.29) is 0 Å². The number of hydrogen-bond donors (Lipinski definition) is 1. The molecule has 0 aliphatic heterocycles. The first kappa shape index (κ1) is 10.3. The number of fused-ring (bicyclic) bond motifs is 1. The van der Waals surface area contributed by atoms with Gasteiger partial charge in [-0.25, -0.2) is 0 Å². The van der Waals surface area contributed by atoms with Gasteiger partial charge in [-0.1, -0.05) is 31.2 Å². The highest BCUT2D eigenvalue weighted by Gasteiger charge is 2.27. The smallest absolute Gasteiger partial charge is 0.0151 e. The average molecular weight is 215 g/mol. The molecule has 1 fully saturated rings. The van der Waals surface area contributed by atoms with Gasteiger partial charge in [0.25, 0.3) is 0 Å². The quantitative estimate of drug-likeness (QED) is 0.800. The van der Waals surface area contributed by atoms with Gasteiger partial charge in [0.05, 0.1) is 0 Å². The van der Waals surface area contributed by atoms with Crippen LogP contribution in [-0.4, -0.2) is 12.1 Å². The lowest BCUT2D eigenvalue weighted by Gasteiger charge is -2.18.